The fraction of sp³-hybridized carbons (Fsp3) is 0.0517. The molecule has 0 radical (unpaired) electrons. The Labute approximate surface area is 363 Å². The fourth-order valence-electron chi connectivity index (χ4n) is 9.87. The minimum absolute atomic E-state index is 0.107. The van der Waals surface area contributed by atoms with Gasteiger partial charge in [0.2, 0.25) is 0 Å². The molecule has 63 heavy (non-hydrogen) atoms. The van der Waals surface area contributed by atoms with Crippen LogP contribution in [-0.4, -0.2) is 15.0 Å². The maximum atomic E-state index is 6.80. The van der Waals surface area contributed by atoms with Gasteiger partial charge < -0.3 is 8.83 Å². The Morgan fingerprint density at radius 2 is 0.984 bits per heavy atom. The number of fused-ring (bicyclic) bond motifs is 10. The summed E-state index contributed by atoms with van der Waals surface area (Å²) in [4.78, 5) is 15.9. The van der Waals surface area contributed by atoms with E-state index in [1.807, 2.05) is 42.5 Å². The van der Waals surface area contributed by atoms with Crippen molar-refractivity contribution in [3.05, 3.63) is 211 Å². The van der Waals surface area contributed by atoms with Gasteiger partial charge in [0.05, 0.1) is 5.56 Å². The molecule has 0 amide bonds. The Morgan fingerprint density at radius 3 is 1.81 bits per heavy atom. The summed E-state index contributed by atoms with van der Waals surface area (Å²) in [5.41, 5.74) is 14.6. The van der Waals surface area contributed by atoms with Crippen molar-refractivity contribution in [3.63, 3.8) is 0 Å². The average molecular weight is 808 g/mol. The van der Waals surface area contributed by atoms with Crippen molar-refractivity contribution < 1.29 is 8.83 Å². The van der Waals surface area contributed by atoms with Gasteiger partial charge in [0, 0.05) is 38.6 Å². The summed E-state index contributed by atoms with van der Waals surface area (Å²) in [6, 6.07) is 68.6. The molecular weight excluding hydrogens is 771 g/mol. The molecule has 0 saturated carbocycles. The van der Waals surface area contributed by atoms with Crippen LogP contribution in [-0.2, 0) is 6.42 Å². The zero-order chi connectivity index (χ0) is 41.4. The second kappa shape index (κ2) is 14.2. The van der Waals surface area contributed by atoms with Gasteiger partial charge >= 0.3 is 0 Å². The summed E-state index contributed by atoms with van der Waals surface area (Å²) in [6.07, 6.45) is 1.89. The van der Waals surface area contributed by atoms with Crippen LogP contribution in [0, 0.1) is 0 Å². The van der Waals surface area contributed by atoms with E-state index in [0.717, 1.165) is 84.5 Å². The SMILES string of the molecule is c1ccc(-c2ccc(-c3nc(-c4ccc5c(c4)oc4ccccc45)nc(-c4cc(C5CCc6cc7ccccc7cc6-c6ccccc65)cc5c4oc4ccccc45)n3)cc2)cc1. The number of hydrogen-bond acceptors (Lipinski definition) is 5. The highest BCUT2D eigenvalue weighted by molar-refractivity contribution is 6.10. The molecule has 0 saturated heterocycles. The Hall–Kier alpha value is -8.15. The molecule has 0 fully saturated rings. The fourth-order valence-corrected chi connectivity index (χ4v) is 9.87. The third kappa shape index (κ3) is 5.96. The number of nitrogens with zero attached hydrogens (tertiary/aromatic N) is 3. The Balaban J connectivity index is 1.02. The molecule has 296 valence electrons. The first-order chi connectivity index (χ1) is 31.2. The third-order valence-electron chi connectivity index (χ3n) is 13.0. The lowest BCUT2D eigenvalue weighted by Gasteiger charge is -2.20. The summed E-state index contributed by atoms with van der Waals surface area (Å²) >= 11 is 0. The molecular formula is C58H37N3O2. The molecule has 12 aromatic rings. The van der Waals surface area contributed by atoms with Gasteiger partial charge in [-0.25, -0.2) is 15.0 Å². The van der Waals surface area contributed by atoms with Crippen LogP contribution >= 0.6 is 0 Å². The molecule has 5 heteroatoms. The van der Waals surface area contributed by atoms with E-state index in [1.54, 1.807) is 0 Å². The number of benzene rings is 9. The topological polar surface area (TPSA) is 65.0 Å². The molecule has 1 aliphatic carbocycles. The lowest BCUT2D eigenvalue weighted by Crippen LogP contribution is -2.04. The molecule has 0 bridgehead atoms. The van der Waals surface area contributed by atoms with Crippen molar-refractivity contribution in [2.45, 2.75) is 18.8 Å². The van der Waals surface area contributed by atoms with Crippen LogP contribution in [0.15, 0.2) is 203 Å². The van der Waals surface area contributed by atoms with Gasteiger partial charge in [0.25, 0.3) is 0 Å². The van der Waals surface area contributed by atoms with Crippen molar-refractivity contribution in [2.24, 2.45) is 0 Å². The lowest BCUT2D eigenvalue weighted by atomic mass is 9.84. The van der Waals surface area contributed by atoms with Gasteiger partial charge in [-0.2, -0.15) is 0 Å². The summed E-state index contributed by atoms with van der Waals surface area (Å²) in [5, 5.41) is 6.77. The summed E-state index contributed by atoms with van der Waals surface area (Å²) in [7, 11) is 0. The van der Waals surface area contributed by atoms with Gasteiger partial charge in [-0.1, -0.05) is 152 Å². The van der Waals surface area contributed by atoms with Gasteiger partial charge in [0.1, 0.15) is 22.3 Å². The first kappa shape index (κ1) is 35.6. The van der Waals surface area contributed by atoms with Crippen molar-refractivity contribution in [2.75, 3.05) is 0 Å². The maximum absolute atomic E-state index is 6.80. The number of hydrogen-bond donors (Lipinski definition) is 0. The number of rotatable bonds is 5. The first-order valence-electron chi connectivity index (χ1n) is 21.6. The summed E-state index contributed by atoms with van der Waals surface area (Å²) < 4.78 is 13.2. The molecule has 0 aliphatic heterocycles. The van der Waals surface area contributed by atoms with E-state index in [0.29, 0.717) is 17.5 Å². The number of aryl methyl sites for hydroxylation is 1. The van der Waals surface area contributed by atoms with Crippen LogP contribution in [0.3, 0.4) is 0 Å². The van der Waals surface area contributed by atoms with Crippen molar-refractivity contribution in [3.8, 4) is 56.4 Å². The zero-order valence-electron chi connectivity index (χ0n) is 34.1. The van der Waals surface area contributed by atoms with E-state index >= 15 is 0 Å². The molecule has 3 aromatic heterocycles. The lowest BCUT2D eigenvalue weighted by molar-refractivity contribution is 0.668. The highest BCUT2D eigenvalue weighted by Crippen LogP contribution is 2.46. The summed E-state index contributed by atoms with van der Waals surface area (Å²) in [6.45, 7) is 0. The van der Waals surface area contributed by atoms with E-state index in [-0.39, 0.29) is 5.92 Å². The van der Waals surface area contributed by atoms with E-state index in [2.05, 4.69) is 152 Å². The van der Waals surface area contributed by atoms with Crippen LogP contribution in [0.25, 0.3) is 111 Å². The molecule has 3 heterocycles. The van der Waals surface area contributed by atoms with Gasteiger partial charge in [-0.3, -0.25) is 0 Å². The van der Waals surface area contributed by atoms with Gasteiger partial charge in [-0.05, 0) is 105 Å². The minimum Gasteiger partial charge on any atom is -0.456 e. The number of para-hydroxylation sites is 2. The van der Waals surface area contributed by atoms with Gasteiger partial charge in [0.15, 0.2) is 17.5 Å². The zero-order valence-corrected chi connectivity index (χ0v) is 34.1. The van der Waals surface area contributed by atoms with E-state index < -0.39 is 0 Å². The molecule has 1 aliphatic rings. The predicted octanol–water partition coefficient (Wildman–Crippen LogP) is 15.2. The van der Waals surface area contributed by atoms with E-state index in [1.165, 1.54) is 38.6 Å². The highest BCUT2D eigenvalue weighted by atomic mass is 16.3. The first-order valence-corrected chi connectivity index (χ1v) is 21.6. The average Bonchev–Trinajstić information content (AvgIpc) is 3.87. The Bertz CT molecular complexity index is 3750. The molecule has 1 unspecified atom stereocenters. The Morgan fingerprint density at radius 1 is 0.381 bits per heavy atom. The normalized spacial score (nSPS) is 13.7. The van der Waals surface area contributed by atoms with Crippen LogP contribution in [0.4, 0.5) is 0 Å². The van der Waals surface area contributed by atoms with E-state index in [9.17, 15) is 0 Å². The van der Waals surface area contributed by atoms with Gasteiger partial charge in [-0.15, -0.1) is 0 Å². The monoisotopic (exact) mass is 807 g/mol. The van der Waals surface area contributed by atoms with Crippen LogP contribution in [0.1, 0.15) is 29.0 Å². The number of aromatic nitrogens is 3. The van der Waals surface area contributed by atoms with E-state index in [4.69, 9.17) is 23.8 Å². The third-order valence-corrected chi connectivity index (χ3v) is 13.0. The minimum atomic E-state index is 0.107. The molecule has 5 nitrogen and oxygen atoms in total. The summed E-state index contributed by atoms with van der Waals surface area (Å²) in [5.74, 6) is 1.79. The second-order valence-corrected chi connectivity index (χ2v) is 16.6. The Kier molecular flexibility index (Phi) is 8.03. The highest BCUT2D eigenvalue weighted by Gasteiger charge is 2.27. The second-order valence-electron chi connectivity index (χ2n) is 16.6. The standard InChI is InChI=1S/C58H37N3O2/c1-2-12-35(13-3-1)36-22-24-37(25-23-36)56-59-57(41-27-29-48-46-18-8-10-20-52(46)62-54(48)34-41)61-58(60-56)51-33-42(32-50-47-19-9-11-21-53(47)63-55(50)51)43-28-26-40-30-38-14-4-5-15-39(38)31-49(40)45-17-7-6-16-44(43)45/h1-25,27,29-34,43H,26,28H2. The maximum Gasteiger partial charge on any atom is 0.167 e. The molecule has 9 aromatic carbocycles. The van der Waals surface area contributed by atoms with Crippen LogP contribution in [0.2, 0.25) is 0 Å². The quantitative estimate of drug-likeness (QED) is 0.173. The predicted molar refractivity (Wildman–Crippen MR) is 256 cm³/mol. The van der Waals surface area contributed by atoms with Crippen LogP contribution in [0.5, 0.6) is 0 Å². The molecule has 0 spiro atoms. The van der Waals surface area contributed by atoms with Crippen molar-refractivity contribution in [1.29, 1.82) is 0 Å². The molecule has 1 atom stereocenters. The number of furan rings is 2. The van der Waals surface area contributed by atoms with Crippen LogP contribution < -0.4 is 0 Å². The molecule has 13 rings (SSSR count). The van der Waals surface area contributed by atoms with Crippen molar-refractivity contribution in [1.82, 2.24) is 15.0 Å². The largest absolute Gasteiger partial charge is 0.456 e. The smallest absolute Gasteiger partial charge is 0.167 e. The van der Waals surface area contributed by atoms with Crippen molar-refractivity contribution >= 4 is 54.6 Å². The molecule has 0 N–H and O–H groups in total.